The number of benzene rings is 1. The quantitative estimate of drug-likeness (QED) is 0.840. The second-order valence-corrected chi connectivity index (χ2v) is 5.06. The predicted octanol–water partition coefficient (Wildman–Crippen LogP) is 2.54. The lowest BCUT2D eigenvalue weighted by Gasteiger charge is -2.12. The first-order valence-corrected chi connectivity index (χ1v) is 6.77. The number of amides is 1. The van der Waals surface area contributed by atoms with Crippen LogP contribution < -0.4 is 10.5 Å². The fourth-order valence-corrected chi connectivity index (χ4v) is 2.54. The minimum Gasteiger partial charge on any atom is -0.480 e. The molecule has 21 heavy (non-hydrogen) atoms. The number of rotatable bonds is 3. The lowest BCUT2D eigenvalue weighted by atomic mass is 10.0. The molecule has 106 valence electrons. The van der Waals surface area contributed by atoms with Gasteiger partial charge in [-0.3, -0.25) is 4.79 Å². The summed E-state index contributed by atoms with van der Waals surface area (Å²) in [5.74, 6) is -0.824. The molecule has 0 atom stereocenters. The fraction of sp³-hybridized carbons (Fsp3) is 0.0769. The topological polar surface area (TPSA) is 102 Å². The molecular formula is C13H8BrClN4O2. The Labute approximate surface area is 133 Å². The number of nitrogens with zero attached hydrogens (tertiary/aromatic N) is 3. The van der Waals surface area contributed by atoms with Gasteiger partial charge < -0.3 is 10.5 Å². The van der Waals surface area contributed by atoms with Gasteiger partial charge in [0.25, 0.3) is 5.91 Å². The van der Waals surface area contributed by atoms with Gasteiger partial charge >= 0.3 is 0 Å². The summed E-state index contributed by atoms with van der Waals surface area (Å²) in [7, 11) is 1.33. The van der Waals surface area contributed by atoms with E-state index in [1.807, 2.05) is 6.07 Å². The number of carbonyl (C=O) groups excluding carboxylic acids is 1. The zero-order valence-electron chi connectivity index (χ0n) is 10.7. The molecule has 0 saturated carbocycles. The Hall–Kier alpha value is -2.17. The molecule has 8 heteroatoms. The summed E-state index contributed by atoms with van der Waals surface area (Å²) in [4.78, 5) is 19.6. The number of primary amides is 1. The van der Waals surface area contributed by atoms with Crippen molar-refractivity contribution in [2.75, 3.05) is 7.11 Å². The third-order valence-corrected chi connectivity index (χ3v) is 3.49. The van der Waals surface area contributed by atoms with Crippen molar-refractivity contribution < 1.29 is 9.53 Å². The van der Waals surface area contributed by atoms with Crippen LogP contribution >= 0.6 is 27.5 Å². The highest BCUT2D eigenvalue weighted by Gasteiger charge is 2.24. The van der Waals surface area contributed by atoms with Crippen LogP contribution in [0.2, 0.25) is 5.28 Å². The normalized spacial score (nSPS) is 10.0. The molecule has 1 heterocycles. The SMILES string of the molecule is COc1nc(Cl)nc(-c2c(Br)cccc2C#N)c1C(N)=O. The second kappa shape index (κ2) is 6.08. The molecule has 1 aromatic carbocycles. The van der Waals surface area contributed by atoms with Crippen LogP contribution in [0.25, 0.3) is 11.3 Å². The average Bonchev–Trinajstić information content (AvgIpc) is 2.45. The molecular weight excluding hydrogens is 360 g/mol. The second-order valence-electron chi connectivity index (χ2n) is 3.86. The van der Waals surface area contributed by atoms with Crippen molar-refractivity contribution in [2.45, 2.75) is 0 Å². The summed E-state index contributed by atoms with van der Waals surface area (Å²) < 4.78 is 5.60. The molecule has 6 nitrogen and oxygen atoms in total. The van der Waals surface area contributed by atoms with E-state index < -0.39 is 5.91 Å². The number of methoxy groups -OCH3 is 1. The van der Waals surface area contributed by atoms with Crippen LogP contribution in [0.4, 0.5) is 0 Å². The van der Waals surface area contributed by atoms with Crippen LogP contribution in [-0.2, 0) is 0 Å². The first-order chi connectivity index (χ1) is 9.99. The van der Waals surface area contributed by atoms with Crippen LogP contribution in [-0.4, -0.2) is 23.0 Å². The lowest BCUT2D eigenvalue weighted by Crippen LogP contribution is -2.16. The molecule has 2 aromatic rings. The third-order valence-electron chi connectivity index (χ3n) is 2.66. The Morgan fingerprint density at radius 3 is 2.76 bits per heavy atom. The van der Waals surface area contributed by atoms with Gasteiger partial charge in [0.05, 0.1) is 24.4 Å². The number of nitriles is 1. The van der Waals surface area contributed by atoms with Gasteiger partial charge in [0.1, 0.15) is 5.56 Å². The molecule has 0 saturated heterocycles. The molecule has 0 unspecified atom stereocenters. The maximum absolute atomic E-state index is 11.7. The van der Waals surface area contributed by atoms with E-state index in [0.29, 0.717) is 15.6 Å². The maximum atomic E-state index is 11.7. The Balaban J connectivity index is 2.91. The van der Waals surface area contributed by atoms with E-state index in [2.05, 4.69) is 25.9 Å². The standard InChI is InChI=1S/C13H8BrClN4O2/c1-21-12-9(11(17)20)10(18-13(15)19-12)8-6(5-16)3-2-4-7(8)14/h2-4H,1H3,(H2,17,20). The molecule has 0 radical (unpaired) electrons. The number of hydrogen-bond donors (Lipinski definition) is 1. The van der Waals surface area contributed by atoms with Crippen molar-refractivity contribution in [3.8, 4) is 23.2 Å². The van der Waals surface area contributed by atoms with Gasteiger partial charge in [0.2, 0.25) is 11.2 Å². The van der Waals surface area contributed by atoms with E-state index >= 15 is 0 Å². The third kappa shape index (κ3) is 2.82. The van der Waals surface area contributed by atoms with E-state index in [9.17, 15) is 10.1 Å². The summed E-state index contributed by atoms with van der Waals surface area (Å²) in [5, 5.41) is 9.12. The van der Waals surface area contributed by atoms with Gasteiger partial charge in [-0.1, -0.05) is 22.0 Å². The number of aromatic nitrogens is 2. The molecule has 0 fully saturated rings. The van der Waals surface area contributed by atoms with Gasteiger partial charge in [-0.05, 0) is 23.7 Å². The van der Waals surface area contributed by atoms with E-state index in [1.54, 1.807) is 18.2 Å². The molecule has 0 aliphatic carbocycles. The van der Waals surface area contributed by atoms with Gasteiger partial charge in [0.15, 0.2) is 0 Å². The molecule has 0 aliphatic rings. The zero-order valence-corrected chi connectivity index (χ0v) is 13.1. The molecule has 2 rings (SSSR count). The highest BCUT2D eigenvalue weighted by atomic mass is 79.9. The number of nitrogens with two attached hydrogens (primary N) is 1. The van der Waals surface area contributed by atoms with Crippen molar-refractivity contribution in [1.29, 1.82) is 5.26 Å². The van der Waals surface area contributed by atoms with Crippen molar-refractivity contribution in [3.63, 3.8) is 0 Å². The van der Waals surface area contributed by atoms with E-state index in [4.69, 9.17) is 22.1 Å². The fourth-order valence-electron chi connectivity index (χ4n) is 1.82. The van der Waals surface area contributed by atoms with E-state index in [0.717, 1.165) is 0 Å². The first-order valence-electron chi connectivity index (χ1n) is 5.60. The summed E-state index contributed by atoms with van der Waals surface area (Å²) in [6.07, 6.45) is 0. The van der Waals surface area contributed by atoms with Crippen LogP contribution in [0.15, 0.2) is 22.7 Å². The van der Waals surface area contributed by atoms with Crippen LogP contribution in [0.3, 0.4) is 0 Å². The van der Waals surface area contributed by atoms with Crippen molar-refractivity contribution in [3.05, 3.63) is 39.1 Å². The van der Waals surface area contributed by atoms with Crippen molar-refractivity contribution in [1.82, 2.24) is 9.97 Å². The number of halogens is 2. The number of ether oxygens (including phenoxy) is 1. The largest absolute Gasteiger partial charge is 0.480 e. The Kier molecular flexibility index (Phi) is 4.40. The molecule has 0 bridgehead atoms. The maximum Gasteiger partial charge on any atom is 0.256 e. The summed E-state index contributed by atoms with van der Waals surface area (Å²) in [5.41, 5.74) is 6.19. The Morgan fingerprint density at radius 2 is 2.19 bits per heavy atom. The molecule has 1 aromatic heterocycles. The van der Waals surface area contributed by atoms with Crippen LogP contribution in [0.1, 0.15) is 15.9 Å². The molecule has 0 aliphatic heterocycles. The highest BCUT2D eigenvalue weighted by molar-refractivity contribution is 9.10. The van der Waals surface area contributed by atoms with Gasteiger partial charge in [-0.25, -0.2) is 4.98 Å². The molecule has 2 N–H and O–H groups in total. The van der Waals surface area contributed by atoms with Gasteiger partial charge in [0, 0.05) is 10.0 Å². The minimum atomic E-state index is -0.779. The Morgan fingerprint density at radius 1 is 1.48 bits per heavy atom. The summed E-state index contributed by atoms with van der Waals surface area (Å²) in [6, 6.07) is 7.02. The van der Waals surface area contributed by atoms with Crippen molar-refractivity contribution in [2.24, 2.45) is 5.73 Å². The predicted molar refractivity (Wildman–Crippen MR) is 80.0 cm³/mol. The highest BCUT2D eigenvalue weighted by Crippen LogP contribution is 2.35. The van der Waals surface area contributed by atoms with E-state index in [-0.39, 0.29) is 22.4 Å². The minimum absolute atomic E-state index is 0.0368. The van der Waals surface area contributed by atoms with Gasteiger partial charge in [-0.15, -0.1) is 0 Å². The first kappa shape index (κ1) is 15.2. The van der Waals surface area contributed by atoms with E-state index in [1.165, 1.54) is 7.11 Å². The number of hydrogen-bond acceptors (Lipinski definition) is 5. The zero-order chi connectivity index (χ0) is 15.6. The number of carbonyl (C=O) groups is 1. The Bertz CT molecular complexity index is 773. The average molecular weight is 368 g/mol. The summed E-state index contributed by atoms with van der Waals surface area (Å²) in [6.45, 7) is 0. The smallest absolute Gasteiger partial charge is 0.256 e. The van der Waals surface area contributed by atoms with Crippen LogP contribution in [0.5, 0.6) is 5.88 Å². The van der Waals surface area contributed by atoms with Crippen LogP contribution in [0, 0.1) is 11.3 Å². The lowest BCUT2D eigenvalue weighted by molar-refractivity contribution is 0.0997. The summed E-state index contributed by atoms with van der Waals surface area (Å²) >= 11 is 9.18. The molecule has 1 amide bonds. The monoisotopic (exact) mass is 366 g/mol. The van der Waals surface area contributed by atoms with Crippen molar-refractivity contribution >= 4 is 33.4 Å². The molecule has 0 spiro atoms. The van der Waals surface area contributed by atoms with Gasteiger partial charge in [-0.2, -0.15) is 10.2 Å².